The second-order valence-electron chi connectivity index (χ2n) is 7.32. The van der Waals surface area contributed by atoms with E-state index in [1.807, 2.05) is 57.2 Å². The van der Waals surface area contributed by atoms with Crippen molar-refractivity contribution < 1.29 is 10.2 Å². The van der Waals surface area contributed by atoms with Crippen LogP contribution in [0.4, 0.5) is 0 Å². The molecule has 2 aromatic carbocycles. The summed E-state index contributed by atoms with van der Waals surface area (Å²) in [5.74, 6) is 0.739. The molecule has 0 aromatic heterocycles. The minimum Gasteiger partial charge on any atom is -0.507 e. The summed E-state index contributed by atoms with van der Waals surface area (Å²) in [7, 11) is 0. The van der Waals surface area contributed by atoms with Crippen LogP contribution >= 0.6 is 0 Å². The predicted molar refractivity (Wildman–Crippen MR) is 98.1 cm³/mol. The third-order valence-corrected chi connectivity index (χ3v) is 4.11. The predicted octanol–water partition coefficient (Wildman–Crippen LogP) is 5.49. The maximum atomic E-state index is 10.3. The molecule has 0 fully saturated rings. The average Bonchev–Trinajstić information content (AvgIpc) is 2.44. The molecule has 0 saturated carbocycles. The van der Waals surface area contributed by atoms with Gasteiger partial charge in [-0.25, -0.2) is 0 Å². The Morgan fingerprint density at radius 1 is 0.696 bits per heavy atom. The van der Waals surface area contributed by atoms with E-state index < -0.39 is 0 Å². The second kappa shape index (κ2) is 6.11. The van der Waals surface area contributed by atoms with E-state index in [1.165, 1.54) is 0 Å². The number of phenolic OH excluding ortho intramolecular Hbond substituents is 2. The van der Waals surface area contributed by atoms with Crippen LogP contribution in [0.1, 0.15) is 54.2 Å². The lowest BCUT2D eigenvalue weighted by Crippen LogP contribution is -2.12. The first-order valence-corrected chi connectivity index (χ1v) is 7.92. The molecular formula is C21H26O2. The van der Waals surface area contributed by atoms with Gasteiger partial charge < -0.3 is 10.2 Å². The standard InChI is InChI=1S/C21H26O2/c1-13-9-16(10-14(2)19(13)22)7-8-17-11-15(3)20(23)18(12-17)21(4,5)6/h7-12,22-23H,1-6H3. The number of aryl methyl sites for hydroxylation is 3. The van der Waals surface area contributed by atoms with Crippen LogP contribution in [-0.4, -0.2) is 10.2 Å². The molecule has 0 heterocycles. The van der Waals surface area contributed by atoms with Crippen molar-refractivity contribution in [2.24, 2.45) is 0 Å². The highest BCUT2D eigenvalue weighted by molar-refractivity contribution is 5.72. The van der Waals surface area contributed by atoms with Gasteiger partial charge in [0, 0.05) is 5.56 Å². The molecule has 2 heteroatoms. The Kier molecular flexibility index (Phi) is 4.56. The lowest BCUT2D eigenvalue weighted by molar-refractivity contribution is 0.443. The van der Waals surface area contributed by atoms with E-state index in [9.17, 15) is 10.2 Å². The molecule has 0 aliphatic carbocycles. The molecule has 0 radical (unpaired) electrons. The number of hydrogen-bond acceptors (Lipinski definition) is 2. The summed E-state index contributed by atoms with van der Waals surface area (Å²) in [6, 6.07) is 7.97. The number of benzene rings is 2. The van der Waals surface area contributed by atoms with Gasteiger partial charge in [0.25, 0.3) is 0 Å². The van der Waals surface area contributed by atoms with Crippen LogP contribution in [0.2, 0.25) is 0 Å². The van der Waals surface area contributed by atoms with Gasteiger partial charge in [-0.05, 0) is 78.3 Å². The Balaban J connectivity index is 2.43. The molecule has 2 aromatic rings. The van der Waals surface area contributed by atoms with Crippen molar-refractivity contribution in [1.82, 2.24) is 0 Å². The molecule has 0 aliphatic heterocycles. The first kappa shape index (κ1) is 17.1. The normalized spacial score (nSPS) is 12.1. The number of aromatic hydroxyl groups is 2. The monoisotopic (exact) mass is 310 g/mol. The van der Waals surface area contributed by atoms with Gasteiger partial charge in [0.2, 0.25) is 0 Å². The summed E-state index contributed by atoms with van der Waals surface area (Å²) in [4.78, 5) is 0. The van der Waals surface area contributed by atoms with Gasteiger partial charge in [-0.15, -0.1) is 0 Å². The van der Waals surface area contributed by atoms with Gasteiger partial charge in [0.1, 0.15) is 11.5 Å². The van der Waals surface area contributed by atoms with Crippen molar-refractivity contribution in [3.63, 3.8) is 0 Å². The van der Waals surface area contributed by atoms with Crippen molar-refractivity contribution in [3.05, 3.63) is 57.6 Å². The smallest absolute Gasteiger partial charge is 0.122 e. The Bertz CT molecular complexity index is 739. The summed E-state index contributed by atoms with van der Waals surface area (Å²) < 4.78 is 0. The van der Waals surface area contributed by atoms with Gasteiger partial charge in [-0.1, -0.05) is 32.9 Å². The average molecular weight is 310 g/mol. The fourth-order valence-electron chi connectivity index (χ4n) is 2.75. The van der Waals surface area contributed by atoms with Crippen LogP contribution in [0.5, 0.6) is 11.5 Å². The van der Waals surface area contributed by atoms with Crippen LogP contribution in [0.3, 0.4) is 0 Å². The Hall–Kier alpha value is -2.22. The molecule has 2 nitrogen and oxygen atoms in total. The number of rotatable bonds is 2. The molecule has 0 spiro atoms. The Morgan fingerprint density at radius 2 is 1.09 bits per heavy atom. The Morgan fingerprint density at radius 3 is 1.52 bits per heavy atom. The quantitative estimate of drug-likeness (QED) is 0.720. The van der Waals surface area contributed by atoms with Crippen LogP contribution in [0, 0.1) is 20.8 Å². The van der Waals surface area contributed by atoms with E-state index in [-0.39, 0.29) is 5.41 Å². The van der Waals surface area contributed by atoms with Gasteiger partial charge in [0.05, 0.1) is 0 Å². The zero-order valence-corrected chi connectivity index (χ0v) is 14.9. The van der Waals surface area contributed by atoms with E-state index >= 15 is 0 Å². The van der Waals surface area contributed by atoms with Crippen molar-refractivity contribution in [2.75, 3.05) is 0 Å². The fourth-order valence-corrected chi connectivity index (χ4v) is 2.75. The van der Waals surface area contributed by atoms with Gasteiger partial charge >= 0.3 is 0 Å². The third kappa shape index (κ3) is 3.76. The molecule has 0 aliphatic rings. The highest BCUT2D eigenvalue weighted by Crippen LogP contribution is 2.34. The molecular weight excluding hydrogens is 284 g/mol. The largest absolute Gasteiger partial charge is 0.507 e. The summed E-state index contributed by atoms with van der Waals surface area (Å²) in [6.45, 7) is 12.0. The van der Waals surface area contributed by atoms with Crippen LogP contribution in [0.25, 0.3) is 12.2 Å². The zero-order chi connectivity index (χ0) is 17.4. The van der Waals surface area contributed by atoms with E-state index in [0.717, 1.165) is 33.4 Å². The topological polar surface area (TPSA) is 40.5 Å². The molecule has 0 saturated heterocycles. The Labute approximate surface area is 139 Å². The minimum absolute atomic E-state index is 0.107. The van der Waals surface area contributed by atoms with E-state index in [0.29, 0.717) is 11.5 Å². The summed E-state index contributed by atoms with van der Waals surface area (Å²) in [5.41, 5.74) is 5.60. The molecule has 0 unspecified atom stereocenters. The highest BCUT2D eigenvalue weighted by Gasteiger charge is 2.19. The molecule has 2 rings (SSSR count). The number of phenols is 2. The third-order valence-electron chi connectivity index (χ3n) is 4.11. The summed E-state index contributed by atoms with van der Waals surface area (Å²) >= 11 is 0. The molecule has 0 amide bonds. The van der Waals surface area contributed by atoms with Gasteiger partial charge in [-0.3, -0.25) is 0 Å². The summed E-state index contributed by atoms with van der Waals surface area (Å²) in [6.07, 6.45) is 4.09. The van der Waals surface area contributed by atoms with Gasteiger partial charge in [-0.2, -0.15) is 0 Å². The minimum atomic E-state index is -0.107. The maximum absolute atomic E-state index is 10.3. The first-order valence-electron chi connectivity index (χ1n) is 7.92. The molecule has 0 atom stereocenters. The molecule has 23 heavy (non-hydrogen) atoms. The van der Waals surface area contributed by atoms with Crippen LogP contribution in [-0.2, 0) is 5.41 Å². The van der Waals surface area contributed by atoms with Crippen LogP contribution < -0.4 is 0 Å². The van der Waals surface area contributed by atoms with Crippen molar-refractivity contribution in [1.29, 1.82) is 0 Å². The first-order chi connectivity index (χ1) is 10.6. The molecule has 2 N–H and O–H groups in total. The lowest BCUT2D eigenvalue weighted by Gasteiger charge is -2.22. The second-order valence-corrected chi connectivity index (χ2v) is 7.32. The number of hydrogen-bond donors (Lipinski definition) is 2. The van der Waals surface area contributed by atoms with Crippen molar-refractivity contribution in [3.8, 4) is 11.5 Å². The fraction of sp³-hybridized carbons (Fsp3) is 0.333. The molecule has 122 valence electrons. The molecule has 0 bridgehead atoms. The van der Waals surface area contributed by atoms with Crippen LogP contribution in [0.15, 0.2) is 24.3 Å². The van der Waals surface area contributed by atoms with Crippen molar-refractivity contribution >= 4 is 12.2 Å². The highest BCUT2D eigenvalue weighted by atomic mass is 16.3. The van der Waals surface area contributed by atoms with E-state index in [2.05, 4.69) is 20.8 Å². The zero-order valence-electron chi connectivity index (χ0n) is 14.9. The van der Waals surface area contributed by atoms with Gasteiger partial charge in [0.15, 0.2) is 0 Å². The summed E-state index contributed by atoms with van der Waals surface area (Å²) in [5, 5.41) is 20.2. The van der Waals surface area contributed by atoms with Crippen molar-refractivity contribution in [2.45, 2.75) is 47.0 Å². The van der Waals surface area contributed by atoms with E-state index in [4.69, 9.17) is 0 Å². The van der Waals surface area contributed by atoms with E-state index in [1.54, 1.807) is 0 Å². The maximum Gasteiger partial charge on any atom is 0.122 e. The lowest BCUT2D eigenvalue weighted by atomic mass is 9.84. The SMILES string of the molecule is Cc1cc(C=Cc2cc(C)c(O)c(C(C)(C)C)c2)cc(C)c1O.